The van der Waals surface area contributed by atoms with Gasteiger partial charge in [-0.25, -0.2) is 0 Å². The summed E-state index contributed by atoms with van der Waals surface area (Å²) in [5.74, 6) is -1.27. The number of aliphatic carboxylic acids is 1. The van der Waals surface area contributed by atoms with Crippen molar-refractivity contribution in [3.05, 3.63) is 53.3 Å². The number of aliphatic hydroxyl groups is 1. The van der Waals surface area contributed by atoms with Gasteiger partial charge in [0.1, 0.15) is 11.1 Å². The van der Waals surface area contributed by atoms with E-state index in [-0.39, 0.29) is 18.9 Å². The highest BCUT2D eigenvalue weighted by molar-refractivity contribution is 5.93. The summed E-state index contributed by atoms with van der Waals surface area (Å²) in [6, 6.07) is 11.6. The van der Waals surface area contributed by atoms with Crippen LogP contribution in [0.2, 0.25) is 0 Å². The largest absolute Gasteiger partial charge is 0.481 e. The van der Waals surface area contributed by atoms with Gasteiger partial charge >= 0.3 is 5.97 Å². The molecule has 1 amide bonds. The van der Waals surface area contributed by atoms with Crippen molar-refractivity contribution in [1.82, 2.24) is 14.7 Å². The standard InChI is InChI=1S/C22H29N3O4/c1-3-25-18(14-16(2)23-25)20(27)24-13-11-19(26)22(15-24,21(28)29)12-7-10-17-8-5-4-6-9-17/h4-6,8-9,14,19,26H,3,7,10-13,15H2,1-2H3,(H,28,29)/t19-,22-/m1/s1. The normalized spacial score (nSPS) is 21.9. The first kappa shape index (κ1) is 21.0. The van der Waals surface area contributed by atoms with Crippen LogP contribution in [-0.4, -0.2) is 56.0 Å². The van der Waals surface area contributed by atoms with E-state index in [0.717, 1.165) is 17.7 Å². The van der Waals surface area contributed by atoms with Crippen molar-refractivity contribution >= 4 is 11.9 Å². The van der Waals surface area contributed by atoms with E-state index in [2.05, 4.69) is 5.10 Å². The maximum Gasteiger partial charge on any atom is 0.314 e. The molecule has 0 radical (unpaired) electrons. The van der Waals surface area contributed by atoms with E-state index < -0.39 is 17.5 Å². The first-order valence-corrected chi connectivity index (χ1v) is 10.2. The third-order valence-electron chi connectivity index (χ3n) is 5.85. The predicted octanol–water partition coefficient (Wildman–Crippen LogP) is 2.51. The Balaban J connectivity index is 1.77. The molecule has 1 aliphatic heterocycles. The molecule has 1 aromatic heterocycles. The first-order chi connectivity index (χ1) is 13.9. The molecule has 29 heavy (non-hydrogen) atoms. The minimum atomic E-state index is -1.35. The number of amides is 1. The quantitative estimate of drug-likeness (QED) is 0.746. The summed E-state index contributed by atoms with van der Waals surface area (Å²) in [5, 5.41) is 25.0. The number of aryl methyl sites for hydroxylation is 3. The van der Waals surface area contributed by atoms with Gasteiger partial charge in [-0.05, 0) is 51.2 Å². The Morgan fingerprint density at radius 2 is 2.00 bits per heavy atom. The summed E-state index contributed by atoms with van der Waals surface area (Å²) < 4.78 is 1.64. The molecule has 0 unspecified atom stereocenters. The molecule has 2 atom stereocenters. The third kappa shape index (κ3) is 4.34. The van der Waals surface area contributed by atoms with Crippen molar-refractivity contribution in [2.45, 2.75) is 52.2 Å². The SMILES string of the molecule is CCn1nc(C)cc1C(=O)N1CC[C@@H](O)[C@](CCCc2ccccc2)(C(=O)O)C1. The first-order valence-electron chi connectivity index (χ1n) is 10.2. The van der Waals surface area contributed by atoms with Crippen LogP contribution in [0.1, 0.15) is 47.9 Å². The second-order valence-corrected chi connectivity index (χ2v) is 7.82. The van der Waals surface area contributed by atoms with Crippen molar-refractivity contribution < 1.29 is 19.8 Å². The predicted molar refractivity (Wildman–Crippen MR) is 109 cm³/mol. The molecule has 2 heterocycles. The Labute approximate surface area is 171 Å². The van der Waals surface area contributed by atoms with Crippen LogP contribution in [0.15, 0.2) is 36.4 Å². The van der Waals surface area contributed by atoms with Crippen LogP contribution < -0.4 is 0 Å². The molecule has 1 saturated heterocycles. The Bertz CT molecular complexity index is 864. The maximum atomic E-state index is 13.1. The van der Waals surface area contributed by atoms with Crippen molar-refractivity contribution in [1.29, 1.82) is 0 Å². The van der Waals surface area contributed by atoms with E-state index >= 15 is 0 Å². The van der Waals surface area contributed by atoms with Gasteiger partial charge in [-0.3, -0.25) is 14.3 Å². The molecule has 2 aromatic rings. The minimum absolute atomic E-state index is 0.00502. The lowest BCUT2D eigenvalue weighted by Gasteiger charge is -2.43. The molecule has 2 N–H and O–H groups in total. The maximum absolute atomic E-state index is 13.1. The summed E-state index contributed by atoms with van der Waals surface area (Å²) in [5.41, 5.74) is 0.993. The van der Waals surface area contributed by atoms with Gasteiger partial charge in [-0.2, -0.15) is 5.10 Å². The van der Waals surface area contributed by atoms with Gasteiger partial charge in [0, 0.05) is 19.6 Å². The van der Waals surface area contributed by atoms with Gasteiger partial charge in [-0.15, -0.1) is 0 Å². The lowest BCUT2D eigenvalue weighted by Crippen LogP contribution is -2.57. The van der Waals surface area contributed by atoms with Gasteiger partial charge in [0.2, 0.25) is 0 Å². The average molecular weight is 399 g/mol. The summed E-state index contributed by atoms with van der Waals surface area (Å²) in [6.45, 7) is 4.64. The number of likely N-dealkylation sites (tertiary alicyclic amines) is 1. The smallest absolute Gasteiger partial charge is 0.314 e. The molecule has 1 aliphatic rings. The van der Waals surface area contributed by atoms with Crippen molar-refractivity contribution in [2.75, 3.05) is 13.1 Å². The Hall–Kier alpha value is -2.67. The fourth-order valence-corrected chi connectivity index (χ4v) is 4.19. The van der Waals surface area contributed by atoms with Gasteiger partial charge < -0.3 is 15.1 Å². The highest BCUT2D eigenvalue weighted by atomic mass is 16.4. The number of carboxylic acid groups (broad SMARTS) is 1. The number of carboxylic acids is 1. The van der Waals surface area contributed by atoms with Crippen LogP contribution in [0.4, 0.5) is 0 Å². The van der Waals surface area contributed by atoms with E-state index in [0.29, 0.717) is 31.6 Å². The third-order valence-corrected chi connectivity index (χ3v) is 5.85. The molecular formula is C22H29N3O4. The van der Waals surface area contributed by atoms with E-state index in [4.69, 9.17) is 0 Å². The minimum Gasteiger partial charge on any atom is -0.481 e. The Morgan fingerprint density at radius 3 is 2.66 bits per heavy atom. The van der Waals surface area contributed by atoms with Crippen LogP contribution in [0.25, 0.3) is 0 Å². The number of benzene rings is 1. The van der Waals surface area contributed by atoms with Crippen LogP contribution >= 0.6 is 0 Å². The number of hydrogen-bond donors (Lipinski definition) is 2. The molecule has 1 aromatic carbocycles. The van der Waals surface area contributed by atoms with Crippen molar-refractivity contribution in [3.8, 4) is 0 Å². The van der Waals surface area contributed by atoms with Gasteiger partial charge in [-0.1, -0.05) is 30.3 Å². The monoisotopic (exact) mass is 399 g/mol. The fraction of sp³-hybridized carbons (Fsp3) is 0.500. The van der Waals surface area contributed by atoms with E-state index in [1.807, 2.05) is 44.2 Å². The summed E-state index contributed by atoms with van der Waals surface area (Å²) >= 11 is 0. The number of carbonyl (C=O) groups is 2. The number of aromatic nitrogens is 2. The average Bonchev–Trinajstić information content (AvgIpc) is 3.10. The molecule has 3 rings (SSSR count). The molecule has 0 aliphatic carbocycles. The molecule has 7 heteroatoms. The summed E-state index contributed by atoms with van der Waals surface area (Å²) in [6.07, 6.45) is 0.953. The molecule has 7 nitrogen and oxygen atoms in total. The number of hydrogen-bond acceptors (Lipinski definition) is 4. The van der Waals surface area contributed by atoms with E-state index in [1.54, 1.807) is 15.6 Å². The van der Waals surface area contributed by atoms with Crippen LogP contribution in [0.5, 0.6) is 0 Å². The lowest BCUT2D eigenvalue weighted by molar-refractivity contribution is -0.162. The second-order valence-electron chi connectivity index (χ2n) is 7.82. The topological polar surface area (TPSA) is 95.7 Å². The number of aliphatic hydroxyl groups excluding tert-OH is 1. The number of rotatable bonds is 7. The summed E-state index contributed by atoms with van der Waals surface area (Å²) in [4.78, 5) is 26.9. The van der Waals surface area contributed by atoms with Crippen molar-refractivity contribution in [2.24, 2.45) is 5.41 Å². The van der Waals surface area contributed by atoms with Crippen LogP contribution in [-0.2, 0) is 17.8 Å². The van der Waals surface area contributed by atoms with Crippen LogP contribution in [0, 0.1) is 12.3 Å². The molecule has 156 valence electrons. The van der Waals surface area contributed by atoms with E-state index in [9.17, 15) is 19.8 Å². The molecular weight excluding hydrogens is 370 g/mol. The second kappa shape index (κ2) is 8.78. The highest BCUT2D eigenvalue weighted by Crippen LogP contribution is 2.36. The zero-order chi connectivity index (χ0) is 21.0. The number of carbonyl (C=O) groups excluding carboxylic acids is 1. The summed E-state index contributed by atoms with van der Waals surface area (Å²) in [7, 11) is 0. The van der Waals surface area contributed by atoms with E-state index in [1.165, 1.54) is 0 Å². The zero-order valence-electron chi connectivity index (χ0n) is 17.0. The van der Waals surface area contributed by atoms with Gasteiger partial charge in [0.25, 0.3) is 5.91 Å². The fourth-order valence-electron chi connectivity index (χ4n) is 4.19. The van der Waals surface area contributed by atoms with Gasteiger partial charge in [0.05, 0.1) is 11.8 Å². The highest BCUT2D eigenvalue weighted by Gasteiger charge is 2.50. The zero-order valence-corrected chi connectivity index (χ0v) is 17.0. The number of piperidine rings is 1. The Morgan fingerprint density at radius 1 is 1.28 bits per heavy atom. The molecule has 0 bridgehead atoms. The Kier molecular flexibility index (Phi) is 6.37. The molecule has 0 spiro atoms. The van der Waals surface area contributed by atoms with Gasteiger partial charge in [0.15, 0.2) is 0 Å². The lowest BCUT2D eigenvalue weighted by atomic mass is 9.73. The number of nitrogens with zero attached hydrogens (tertiary/aromatic N) is 3. The van der Waals surface area contributed by atoms with Crippen LogP contribution in [0.3, 0.4) is 0 Å². The molecule has 0 saturated carbocycles. The van der Waals surface area contributed by atoms with Crippen molar-refractivity contribution in [3.63, 3.8) is 0 Å². The molecule has 1 fully saturated rings.